The molecule has 1 atom stereocenters. The van der Waals surface area contributed by atoms with Crippen LogP contribution in [0.4, 0.5) is 0 Å². The first kappa shape index (κ1) is 13.6. The molecule has 0 radical (unpaired) electrons. The molecule has 0 aliphatic rings. The lowest BCUT2D eigenvalue weighted by Crippen LogP contribution is -2.34. The van der Waals surface area contributed by atoms with Crippen LogP contribution in [-0.2, 0) is 0 Å². The second-order valence-electron chi connectivity index (χ2n) is 4.37. The van der Waals surface area contributed by atoms with E-state index in [1.165, 1.54) is 11.3 Å². The van der Waals surface area contributed by atoms with Gasteiger partial charge in [-0.15, -0.1) is 11.8 Å². The van der Waals surface area contributed by atoms with Crippen LogP contribution in [0.5, 0.6) is 0 Å². The summed E-state index contributed by atoms with van der Waals surface area (Å²) in [6, 6.07) is 11.3. The van der Waals surface area contributed by atoms with Crippen LogP contribution in [0.15, 0.2) is 35.2 Å². The highest BCUT2D eigenvalue weighted by Crippen LogP contribution is 2.16. The quantitative estimate of drug-likeness (QED) is 0.572. The molecule has 1 nitrogen and oxygen atoms in total. The average Bonchev–Trinajstić information content (AvgIpc) is 2.30. The molecule has 90 valence electrons. The monoisotopic (exact) mass is 237 g/mol. The van der Waals surface area contributed by atoms with Crippen molar-refractivity contribution in [3.8, 4) is 0 Å². The standard InChI is InChI=1S/C14H23NS/c1-4-14(12(2)3)15-10-11-16-13-8-6-5-7-9-13/h5-9,12,14-15H,4,10-11H2,1-3H3. The minimum Gasteiger partial charge on any atom is -0.313 e. The van der Waals surface area contributed by atoms with E-state index in [-0.39, 0.29) is 0 Å². The first-order valence-corrected chi connectivity index (χ1v) is 7.13. The van der Waals surface area contributed by atoms with Gasteiger partial charge in [-0.2, -0.15) is 0 Å². The Balaban J connectivity index is 2.16. The van der Waals surface area contributed by atoms with Crippen LogP contribution < -0.4 is 5.32 Å². The van der Waals surface area contributed by atoms with E-state index in [0.717, 1.165) is 18.2 Å². The second kappa shape index (κ2) is 7.75. The third-order valence-electron chi connectivity index (χ3n) is 2.77. The van der Waals surface area contributed by atoms with Crippen molar-refractivity contribution >= 4 is 11.8 Å². The van der Waals surface area contributed by atoms with Crippen LogP contribution in [0.25, 0.3) is 0 Å². The number of benzene rings is 1. The van der Waals surface area contributed by atoms with Crippen molar-refractivity contribution in [3.63, 3.8) is 0 Å². The van der Waals surface area contributed by atoms with Crippen LogP contribution in [0.2, 0.25) is 0 Å². The average molecular weight is 237 g/mol. The summed E-state index contributed by atoms with van der Waals surface area (Å²) >= 11 is 1.92. The lowest BCUT2D eigenvalue weighted by atomic mass is 10.0. The Morgan fingerprint density at radius 2 is 1.88 bits per heavy atom. The van der Waals surface area contributed by atoms with Gasteiger partial charge >= 0.3 is 0 Å². The third-order valence-corrected chi connectivity index (χ3v) is 3.78. The van der Waals surface area contributed by atoms with Crippen molar-refractivity contribution in [3.05, 3.63) is 30.3 Å². The number of hydrogen-bond acceptors (Lipinski definition) is 2. The molecule has 1 unspecified atom stereocenters. The van der Waals surface area contributed by atoms with Gasteiger partial charge in [0, 0.05) is 23.2 Å². The van der Waals surface area contributed by atoms with E-state index in [4.69, 9.17) is 0 Å². The predicted octanol–water partition coefficient (Wildman–Crippen LogP) is 3.80. The zero-order valence-electron chi connectivity index (χ0n) is 10.6. The summed E-state index contributed by atoms with van der Waals surface area (Å²) in [6.45, 7) is 7.91. The third kappa shape index (κ3) is 5.04. The molecule has 0 heterocycles. The molecule has 0 aliphatic heterocycles. The topological polar surface area (TPSA) is 12.0 Å². The lowest BCUT2D eigenvalue weighted by Gasteiger charge is -2.20. The minimum absolute atomic E-state index is 0.663. The highest BCUT2D eigenvalue weighted by molar-refractivity contribution is 7.99. The summed E-state index contributed by atoms with van der Waals surface area (Å²) in [4.78, 5) is 1.36. The zero-order valence-corrected chi connectivity index (χ0v) is 11.4. The maximum Gasteiger partial charge on any atom is 0.0106 e. The summed E-state index contributed by atoms with van der Waals surface area (Å²) in [5.74, 6) is 1.87. The van der Waals surface area contributed by atoms with Gasteiger partial charge in [-0.05, 0) is 24.5 Å². The van der Waals surface area contributed by atoms with Gasteiger partial charge in [0.25, 0.3) is 0 Å². The zero-order chi connectivity index (χ0) is 11.8. The molecule has 1 N–H and O–H groups in total. The minimum atomic E-state index is 0.663. The first-order valence-electron chi connectivity index (χ1n) is 6.15. The number of thioether (sulfide) groups is 1. The van der Waals surface area contributed by atoms with Gasteiger partial charge in [-0.3, -0.25) is 0 Å². The molecule has 2 heteroatoms. The molecular formula is C14H23NS. The summed E-state index contributed by atoms with van der Waals surface area (Å²) in [6.07, 6.45) is 1.22. The van der Waals surface area contributed by atoms with Crippen LogP contribution >= 0.6 is 11.8 Å². The molecule has 0 aromatic heterocycles. The summed E-state index contributed by atoms with van der Waals surface area (Å²) < 4.78 is 0. The molecule has 1 rings (SSSR count). The van der Waals surface area contributed by atoms with E-state index < -0.39 is 0 Å². The molecule has 0 bridgehead atoms. The van der Waals surface area contributed by atoms with Gasteiger partial charge in [0.1, 0.15) is 0 Å². The summed E-state index contributed by atoms with van der Waals surface area (Å²) in [5, 5.41) is 3.62. The Labute approximate surface area is 104 Å². The molecule has 0 fully saturated rings. The van der Waals surface area contributed by atoms with Crippen molar-refractivity contribution in [1.29, 1.82) is 0 Å². The molecule has 0 saturated heterocycles. The molecule has 1 aromatic carbocycles. The summed E-state index contributed by atoms with van der Waals surface area (Å²) in [7, 11) is 0. The van der Waals surface area contributed by atoms with Gasteiger partial charge in [0.2, 0.25) is 0 Å². The SMILES string of the molecule is CCC(NCCSc1ccccc1)C(C)C. The highest BCUT2D eigenvalue weighted by atomic mass is 32.2. The fourth-order valence-electron chi connectivity index (χ4n) is 1.78. The van der Waals surface area contributed by atoms with Crippen LogP contribution in [0.1, 0.15) is 27.2 Å². The molecule has 16 heavy (non-hydrogen) atoms. The van der Waals surface area contributed by atoms with Gasteiger partial charge in [-0.25, -0.2) is 0 Å². The van der Waals surface area contributed by atoms with Gasteiger partial charge in [0.15, 0.2) is 0 Å². The van der Waals surface area contributed by atoms with E-state index in [1.54, 1.807) is 0 Å². The molecule has 0 saturated carbocycles. The number of rotatable bonds is 7. The van der Waals surface area contributed by atoms with E-state index in [9.17, 15) is 0 Å². The Kier molecular flexibility index (Phi) is 6.58. The normalized spacial score (nSPS) is 13.0. The van der Waals surface area contributed by atoms with E-state index in [2.05, 4.69) is 56.4 Å². The fraction of sp³-hybridized carbons (Fsp3) is 0.571. The van der Waals surface area contributed by atoms with Crippen molar-refractivity contribution in [2.75, 3.05) is 12.3 Å². The van der Waals surface area contributed by atoms with Crippen molar-refractivity contribution < 1.29 is 0 Å². The van der Waals surface area contributed by atoms with Gasteiger partial charge < -0.3 is 5.32 Å². The van der Waals surface area contributed by atoms with Gasteiger partial charge in [-0.1, -0.05) is 39.0 Å². The Bertz CT molecular complexity index is 271. The van der Waals surface area contributed by atoms with Crippen molar-refractivity contribution in [2.45, 2.75) is 38.1 Å². The van der Waals surface area contributed by atoms with Crippen LogP contribution in [0, 0.1) is 5.92 Å². The van der Waals surface area contributed by atoms with Crippen molar-refractivity contribution in [2.24, 2.45) is 5.92 Å². The van der Waals surface area contributed by atoms with E-state index in [1.807, 2.05) is 11.8 Å². The maximum absolute atomic E-state index is 3.62. The van der Waals surface area contributed by atoms with Gasteiger partial charge in [0.05, 0.1) is 0 Å². The summed E-state index contributed by atoms with van der Waals surface area (Å²) in [5.41, 5.74) is 0. The smallest absolute Gasteiger partial charge is 0.0106 e. The van der Waals surface area contributed by atoms with Crippen LogP contribution in [0.3, 0.4) is 0 Å². The second-order valence-corrected chi connectivity index (χ2v) is 5.54. The first-order chi connectivity index (χ1) is 7.74. The largest absolute Gasteiger partial charge is 0.313 e. The van der Waals surface area contributed by atoms with E-state index >= 15 is 0 Å². The molecule has 0 spiro atoms. The Morgan fingerprint density at radius 3 is 2.44 bits per heavy atom. The van der Waals surface area contributed by atoms with E-state index in [0.29, 0.717) is 6.04 Å². The van der Waals surface area contributed by atoms with Crippen LogP contribution in [-0.4, -0.2) is 18.3 Å². The molecular weight excluding hydrogens is 214 g/mol. The lowest BCUT2D eigenvalue weighted by molar-refractivity contribution is 0.398. The molecule has 0 aliphatic carbocycles. The molecule has 1 aromatic rings. The number of nitrogens with one attached hydrogen (secondary N) is 1. The molecule has 0 amide bonds. The Morgan fingerprint density at radius 1 is 1.19 bits per heavy atom. The fourth-order valence-corrected chi connectivity index (χ4v) is 2.59. The van der Waals surface area contributed by atoms with Crippen molar-refractivity contribution in [1.82, 2.24) is 5.32 Å². The highest BCUT2D eigenvalue weighted by Gasteiger charge is 2.08. The number of hydrogen-bond donors (Lipinski definition) is 1. The maximum atomic E-state index is 3.62. The predicted molar refractivity (Wildman–Crippen MR) is 74.1 cm³/mol. The Hall–Kier alpha value is -0.470.